The number of aromatic nitrogens is 2. The van der Waals surface area contributed by atoms with Gasteiger partial charge in [0.15, 0.2) is 5.82 Å². The largest absolute Gasteiger partial charge is 0.455 e. The number of rotatable bonds is 6. The van der Waals surface area contributed by atoms with Gasteiger partial charge in [0.2, 0.25) is 0 Å². The topological polar surface area (TPSA) is 106 Å². The van der Waals surface area contributed by atoms with Crippen LogP contribution in [0.1, 0.15) is 5.76 Å². The van der Waals surface area contributed by atoms with Crippen LogP contribution in [0, 0.1) is 10.1 Å². The minimum atomic E-state index is -0.435. The van der Waals surface area contributed by atoms with Crippen molar-refractivity contribution in [2.75, 3.05) is 5.43 Å². The quantitative estimate of drug-likeness (QED) is 0.198. The van der Waals surface area contributed by atoms with E-state index in [0.717, 1.165) is 21.3 Å². The molecule has 0 aliphatic rings. The van der Waals surface area contributed by atoms with E-state index in [1.165, 1.54) is 24.7 Å². The monoisotopic (exact) mass is 441 g/mol. The molecule has 5 rings (SSSR count). The minimum Gasteiger partial charge on any atom is -0.455 e. The maximum Gasteiger partial charge on any atom is 0.270 e. The van der Waals surface area contributed by atoms with Gasteiger partial charge < -0.3 is 4.42 Å². The zero-order valence-corrected chi connectivity index (χ0v) is 17.3. The highest BCUT2D eigenvalue weighted by molar-refractivity contribution is 7.17. The molecule has 0 aliphatic heterocycles. The molecule has 0 unspecified atom stereocenters. The number of hydrogen-bond acceptors (Lipinski definition) is 8. The van der Waals surface area contributed by atoms with E-state index in [1.807, 2.05) is 30.3 Å². The Bertz CT molecular complexity index is 1440. The second kappa shape index (κ2) is 8.40. The fourth-order valence-electron chi connectivity index (χ4n) is 3.30. The van der Waals surface area contributed by atoms with Crippen molar-refractivity contribution in [3.05, 3.63) is 94.3 Å². The van der Waals surface area contributed by atoms with Gasteiger partial charge in [-0.2, -0.15) is 5.10 Å². The minimum absolute atomic E-state index is 0.00791. The number of fused-ring (bicyclic) bond motifs is 1. The smallest absolute Gasteiger partial charge is 0.270 e. The molecule has 156 valence electrons. The first-order valence-electron chi connectivity index (χ1n) is 9.60. The van der Waals surface area contributed by atoms with Crippen molar-refractivity contribution in [2.45, 2.75) is 0 Å². The molecule has 0 aliphatic carbocycles. The average molecular weight is 441 g/mol. The Morgan fingerprint density at radius 1 is 1.03 bits per heavy atom. The average Bonchev–Trinajstić information content (AvgIpc) is 3.48. The molecule has 0 amide bonds. The molecule has 8 nitrogen and oxygen atoms in total. The van der Waals surface area contributed by atoms with Gasteiger partial charge in [0.1, 0.15) is 22.7 Å². The number of nitrogens with one attached hydrogen (secondary N) is 1. The fourth-order valence-corrected chi connectivity index (χ4v) is 4.21. The Hall–Kier alpha value is -4.37. The number of furan rings is 1. The molecule has 1 N–H and O–H groups in total. The summed E-state index contributed by atoms with van der Waals surface area (Å²) < 4.78 is 5.77. The SMILES string of the molecule is O=[N+]([O-])c1cccc(-c2ccc(C=NNc3ncnc4scc(-c5ccccc5)c34)o2)c1. The summed E-state index contributed by atoms with van der Waals surface area (Å²) in [5, 5.41) is 18.2. The normalized spacial score (nSPS) is 11.2. The van der Waals surface area contributed by atoms with Crippen LogP contribution in [0.25, 0.3) is 32.7 Å². The van der Waals surface area contributed by atoms with Crippen LogP contribution < -0.4 is 5.43 Å². The zero-order chi connectivity index (χ0) is 21.9. The van der Waals surface area contributed by atoms with Crippen molar-refractivity contribution in [3.63, 3.8) is 0 Å². The molecule has 3 aromatic heterocycles. The Balaban J connectivity index is 1.39. The van der Waals surface area contributed by atoms with E-state index in [1.54, 1.807) is 35.6 Å². The lowest BCUT2D eigenvalue weighted by molar-refractivity contribution is -0.384. The third-order valence-electron chi connectivity index (χ3n) is 4.79. The van der Waals surface area contributed by atoms with Crippen LogP contribution in [-0.4, -0.2) is 21.1 Å². The van der Waals surface area contributed by atoms with E-state index in [2.05, 4.69) is 25.9 Å². The van der Waals surface area contributed by atoms with Crippen LogP contribution in [0.4, 0.5) is 11.5 Å². The van der Waals surface area contributed by atoms with Crippen LogP contribution in [0.3, 0.4) is 0 Å². The van der Waals surface area contributed by atoms with Gasteiger partial charge in [0.05, 0.1) is 16.5 Å². The lowest BCUT2D eigenvalue weighted by atomic mass is 10.1. The highest BCUT2D eigenvalue weighted by atomic mass is 32.1. The summed E-state index contributed by atoms with van der Waals surface area (Å²) >= 11 is 1.55. The predicted octanol–water partition coefficient (Wildman–Crippen LogP) is 5.97. The van der Waals surface area contributed by atoms with Crippen molar-refractivity contribution < 1.29 is 9.34 Å². The Kier molecular flexibility index (Phi) is 5.14. The van der Waals surface area contributed by atoms with Gasteiger partial charge in [-0.15, -0.1) is 11.3 Å². The summed E-state index contributed by atoms with van der Waals surface area (Å²) in [5.74, 6) is 1.61. The van der Waals surface area contributed by atoms with E-state index in [4.69, 9.17) is 4.42 Å². The number of non-ortho nitro benzene ring substituents is 1. The van der Waals surface area contributed by atoms with Gasteiger partial charge in [-0.3, -0.25) is 15.5 Å². The number of nitrogens with zero attached hydrogens (tertiary/aromatic N) is 4. The molecule has 9 heteroatoms. The van der Waals surface area contributed by atoms with E-state index in [-0.39, 0.29) is 5.69 Å². The van der Waals surface area contributed by atoms with Crippen LogP contribution in [-0.2, 0) is 0 Å². The fraction of sp³-hybridized carbons (Fsp3) is 0. The predicted molar refractivity (Wildman–Crippen MR) is 125 cm³/mol. The summed E-state index contributed by atoms with van der Waals surface area (Å²) in [7, 11) is 0. The number of nitro groups is 1. The van der Waals surface area contributed by atoms with Gasteiger partial charge in [-0.1, -0.05) is 42.5 Å². The molecule has 5 aromatic rings. The van der Waals surface area contributed by atoms with Gasteiger partial charge in [-0.25, -0.2) is 9.97 Å². The van der Waals surface area contributed by atoms with Gasteiger partial charge in [0, 0.05) is 28.6 Å². The molecule has 32 heavy (non-hydrogen) atoms. The first-order chi connectivity index (χ1) is 15.7. The van der Waals surface area contributed by atoms with Gasteiger partial charge in [-0.05, 0) is 17.7 Å². The summed E-state index contributed by atoms with van der Waals surface area (Å²) in [6.07, 6.45) is 3.03. The van der Waals surface area contributed by atoms with Gasteiger partial charge >= 0.3 is 0 Å². The first kappa shape index (κ1) is 19.6. The molecule has 0 radical (unpaired) electrons. The molecule has 0 fully saturated rings. The number of hydrazone groups is 1. The zero-order valence-electron chi connectivity index (χ0n) is 16.5. The Labute approximate surface area is 186 Å². The second-order valence-electron chi connectivity index (χ2n) is 6.80. The summed E-state index contributed by atoms with van der Waals surface area (Å²) in [5.41, 5.74) is 5.72. The summed E-state index contributed by atoms with van der Waals surface area (Å²) in [6, 6.07) is 19.8. The Morgan fingerprint density at radius 2 is 1.88 bits per heavy atom. The van der Waals surface area contributed by atoms with E-state index >= 15 is 0 Å². The molecule has 0 saturated heterocycles. The number of benzene rings is 2. The standard InChI is InChI=1S/C23H15N5O3S/c29-28(30)17-8-4-7-16(11-17)20-10-9-18(31-20)12-26-27-22-21-19(15-5-2-1-3-6-15)13-32-23(21)25-14-24-22/h1-14H,(H,24,25,27). The van der Waals surface area contributed by atoms with Crippen LogP contribution in [0.2, 0.25) is 0 Å². The molecule has 3 heterocycles. The lowest BCUT2D eigenvalue weighted by Gasteiger charge is -2.04. The molecule has 2 aromatic carbocycles. The number of anilines is 1. The molecular weight excluding hydrogens is 426 g/mol. The van der Waals surface area contributed by atoms with Crippen molar-refractivity contribution in [2.24, 2.45) is 5.10 Å². The summed E-state index contributed by atoms with van der Waals surface area (Å²) in [4.78, 5) is 20.1. The molecular formula is C23H15N5O3S. The molecule has 0 atom stereocenters. The third-order valence-corrected chi connectivity index (χ3v) is 5.67. The van der Waals surface area contributed by atoms with Crippen LogP contribution in [0.5, 0.6) is 0 Å². The van der Waals surface area contributed by atoms with Crippen molar-refractivity contribution in [1.82, 2.24) is 9.97 Å². The molecule has 0 bridgehead atoms. The lowest BCUT2D eigenvalue weighted by Crippen LogP contribution is -1.95. The first-order valence-corrected chi connectivity index (χ1v) is 10.5. The maximum absolute atomic E-state index is 11.0. The number of hydrogen-bond donors (Lipinski definition) is 1. The van der Waals surface area contributed by atoms with Crippen LogP contribution >= 0.6 is 11.3 Å². The molecule has 0 spiro atoms. The maximum atomic E-state index is 11.0. The molecule has 0 saturated carbocycles. The van der Waals surface area contributed by atoms with Crippen molar-refractivity contribution >= 4 is 39.3 Å². The van der Waals surface area contributed by atoms with E-state index in [0.29, 0.717) is 22.9 Å². The van der Waals surface area contributed by atoms with Crippen molar-refractivity contribution in [3.8, 4) is 22.5 Å². The number of thiophene rings is 1. The van der Waals surface area contributed by atoms with Gasteiger partial charge in [0.25, 0.3) is 5.69 Å². The van der Waals surface area contributed by atoms with Crippen LogP contribution in [0.15, 0.2) is 88.0 Å². The van der Waals surface area contributed by atoms with E-state index < -0.39 is 4.92 Å². The van der Waals surface area contributed by atoms with Crippen molar-refractivity contribution in [1.29, 1.82) is 0 Å². The summed E-state index contributed by atoms with van der Waals surface area (Å²) in [6.45, 7) is 0. The number of nitro benzene ring substituents is 1. The third kappa shape index (κ3) is 3.84. The highest BCUT2D eigenvalue weighted by Crippen LogP contribution is 2.36. The highest BCUT2D eigenvalue weighted by Gasteiger charge is 2.13. The Morgan fingerprint density at radius 3 is 2.72 bits per heavy atom. The van der Waals surface area contributed by atoms with E-state index in [9.17, 15) is 10.1 Å². The second-order valence-corrected chi connectivity index (χ2v) is 7.66.